The van der Waals surface area contributed by atoms with Gasteiger partial charge in [-0.2, -0.15) is 0 Å². The summed E-state index contributed by atoms with van der Waals surface area (Å²) in [6, 6.07) is 3.51. The number of likely N-dealkylation sites (tertiary alicyclic amines) is 1. The van der Waals surface area contributed by atoms with Gasteiger partial charge in [0.15, 0.2) is 0 Å². The first-order chi connectivity index (χ1) is 11.6. The van der Waals surface area contributed by atoms with Gasteiger partial charge in [-0.05, 0) is 37.6 Å². The molecule has 1 unspecified atom stereocenters. The van der Waals surface area contributed by atoms with E-state index in [0.717, 1.165) is 10.7 Å². The van der Waals surface area contributed by atoms with E-state index in [-0.39, 0.29) is 22.2 Å². The van der Waals surface area contributed by atoms with Crippen LogP contribution in [0, 0.1) is 0 Å². The molecule has 1 fully saturated rings. The molecule has 138 valence electrons. The van der Waals surface area contributed by atoms with E-state index in [1.54, 1.807) is 4.90 Å². The van der Waals surface area contributed by atoms with Gasteiger partial charge in [-0.15, -0.1) is 0 Å². The molecule has 1 amide bonds. The molecule has 25 heavy (non-hydrogen) atoms. The normalized spacial score (nSPS) is 18.5. The number of rotatable bonds is 6. The second-order valence-corrected chi connectivity index (χ2v) is 8.48. The molecular weight excluding hydrogens is 370 g/mol. The van der Waals surface area contributed by atoms with Gasteiger partial charge in [0, 0.05) is 19.8 Å². The first-order valence-corrected chi connectivity index (χ1v) is 9.43. The van der Waals surface area contributed by atoms with Crippen molar-refractivity contribution >= 4 is 39.2 Å². The number of halogens is 1. The van der Waals surface area contributed by atoms with Crippen LogP contribution in [-0.4, -0.2) is 67.8 Å². The fraction of sp³-hybridized carbons (Fsp3) is 0.467. The van der Waals surface area contributed by atoms with Crippen LogP contribution in [0.2, 0.25) is 5.02 Å². The zero-order valence-corrected chi connectivity index (χ0v) is 15.5. The number of nitrogens with one attached hydrogen (secondary N) is 1. The lowest BCUT2D eigenvalue weighted by Gasteiger charge is -2.20. The summed E-state index contributed by atoms with van der Waals surface area (Å²) in [5, 5.41) is 11.8. The van der Waals surface area contributed by atoms with Gasteiger partial charge in [0.25, 0.3) is 0 Å². The molecule has 1 heterocycles. The highest BCUT2D eigenvalue weighted by molar-refractivity contribution is 7.89. The highest BCUT2D eigenvalue weighted by atomic mass is 35.5. The highest BCUT2D eigenvalue weighted by Crippen LogP contribution is 2.27. The molecular formula is C15H20ClN3O5S. The van der Waals surface area contributed by atoms with E-state index in [1.165, 1.54) is 32.3 Å². The Kier molecular flexibility index (Phi) is 6.04. The number of hydrogen-bond donors (Lipinski definition) is 2. The van der Waals surface area contributed by atoms with Gasteiger partial charge >= 0.3 is 5.97 Å². The maximum Gasteiger partial charge on any atom is 0.320 e. The molecule has 1 atom stereocenters. The number of hydrogen-bond acceptors (Lipinski definition) is 5. The van der Waals surface area contributed by atoms with Gasteiger partial charge in [-0.1, -0.05) is 11.6 Å². The molecule has 0 aromatic heterocycles. The summed E-state index contributed by atoms with van der Waals surface area (Å²) < 4.78 is 25.5. The van der Waals surface area contributed by atoms with E-state index in [0.29, 0.717) is 13.0 Å². The van der Waals surface area contributed by atoms with Crippen molar-refractivity contribution < 1.29 is 23.1 Å². The van der Waals surface area contributed by atoms with Gasteiger partial charge in [0.2, 0.25) is 15.9 Å². The van der Waals surface area contributed by atoms with Crippen LogP contribution in [-0.2, 0) is 19.6 Å². The van der Waals surface area contributed by atoms with Crippen molar-refractivity contribution in [2.24, 2.45) is 0 Å². The number of sulfonamides is 1. The summed E-state index contributed by atoms with van der Waals surface area (Å²) in [6.07, 6.45) is 1.23. The second-order valence-electron chi connectivity index (χ2n) is 5.95. The maximum atomic E-state index is 12.2. The van der Waals surface area contributed by atoms with E-state index in [4.69, 9.17) is 16.7 Å². The molecule has 1 aromatic carbocycles. The summed E-state index contributed by atoms with van der Waals surface area (Å²) in [4.78, 5) is 24.8. The Morgan fingerprint density at radius 1 is 1.40 bits per heavy atom. The third-order valence-corrected chi connectivity index (χ3v) is 6.27. The van der Waals surface area contributed by atoms with Crippen LogP contribution in [0.1, 0.15) is 12.8 Å². The lowest BCUT2D eigenvalue weighted by Crippen LogP contribution is -2.40. The molecule has 2 rings (SSSR count). The van der Waals surface area contributed by atoms with E-state index >= 15 is 0 Å². The van der Waals surface area contributed by atoms with E-state index < -0.39 is 27.9 Å². The monoisotopic (exact) mass is 389 g/mol. The minimum Gasteiger partial charge on any atom is -0.480 e. The van der Waals surface area contributed by atoms with Gasteiger partial charge in [-0.25, -0.2) is 12.7 Å². The van der Waals surface area contributed by atoms with Crippen molar-refractivity contribution in [2.75, 3.05) is 32.5 Å². The minimum absolute atomic E-state index is 0.0529. The minimum atomic E-state index is -3.75. The Morgan fingerprint density at radius 3 is 2.68 bits per heavy atom. The molecule has 1 saturated heterocycles. The molecule has 0 aliphatic carbocycles. The van der Waals surface area contributed by atoms with Crippen molar-refractivity contribution in [3.05, 3.63) is 23.2 Å². The lowest BCUT2D eigenvalue weighted by atomic mass is 10.2. The quantitative estimate of drug-likeness (QED) is 0.753. The Bertz CT molecular complexity index is 781. The number of aliphatic carboxylic acids is 1. The number of amides is 1. The van der Waals surface area contributed by atoms with Crippen LogP contribution in [0.3, 0.4) is 0 Å². The van der Waals surface area contributed by atoms with E-state index in [2.05, 4.69) is 5.32 Å². The van der Waals surface area contributed by atoms with E-state index in [1.807, 2.05) is 0 Å². The van der Waals surface area contributed by atoms with Gasteiger partial charge < -0.3 is 10.4 Å². The van der Waals surface area contributed by atoms with Gasteiger partial charge in [-0.3, -0.25) is 14.5 Å². The molecule has 8 nitrogen and oxygen atoms in total. The SMILES string of the molecule is CN(C)S(=O)(=O)c1cc(NC(=O)CN2CCCC2C(=O)O)ccc1Cl. The maximum absolute atomic E-state index is 12.2. The molecule has 2 N–H and O–H groups in total. The average Bonchev–Trinajstić information content (AvgIpc) is 2.97. The smallest absolute Gasteiger partial charge is 0.320 e. The van der Waals surface area contributed by atoms with Crippen LogP contribution in [0.4, 0.5) is 5.69 Å². The average molecular weight is 390 g/mol. The fourth-order valence-corrected chi connectivity index (χ4v) is 4.05. The van der Waals surface area contributed by atoms with Crippen molar-refractivity contribution in [1.29, 1.82) is 0 Å². The lowest BCUT2D eigenvalue weighted by molar-refractivity contribution is -0.142. The number of carbonyl (C=O) groups is 2. The number of benzene rings is 1. The Morgan fingerprint density at radius 2 is 2.08 bits per heavy atom. The Hall–Kier alpha value is -1.68. The third-order valence-electron chi connectivity index (χ3n) is 3.97. The summed E-state index contributed by atoms with van der Waals surface area (Å²) in [6.45, 7) is 0.459. The van der Waals surface area contributed by atoms with Crippen LogP contribution in [0.15, 0.2) is 23.1 Å². The summed E-state index contributed by atoms with van der Waals surface area (Å²) in [5.41, 5.74) is 0.279. The van der Waals surface area contributed by atoms with Crippen molar-refractivity contribution in [3.63, 3.8) is 0 Å². The summed E-state index contributed by atoms with van der Waals surface area (Å²) in [7, 11) is -0.976. The predicted octanol–water partition coefficient (Wildman–Crippen LogP) is 1.08. The Balaban J connectivity index is 2.13. The van der Waals surface area contributed by atoms with Crippen molar-refractivity contribution in [2.45, 2.75) is 23.8 Å². The first-order valence-electron chi connectivity index (χ1n) is 7.61. The highest BCUT2D eigenvalue weighted by Gasteiger charge is 2.31. The molecule has 0 radical (unpaired) electrons. The molecule has 1 aliphatic rings. The molecule has 1 aliphatic heterocycles. The zero-order valence-electron chi connectivity index (χ0n) is 13.9. The standard InChI is InChI=1S/C15H20ClN3O5S/c1-18(2)25(23,24)13-8-10(5-6-11(13)16)17-14(20)9-19-7-3-4-12(19)15(21)22/h5-6,8,12H,3-4,7,9H2,1-2H3,(H,17,20)(H,21,22). The van der Waals surface area contributed by atoms with Gasteiger partial charge in [0.05, 0.1) is 11.6 Å². The number of carbonyl (C=O) groups excluding carboxylic acids is 1. The first kappa shape index (κ1) is 19.6. The van der Waals surface area contributed by atoms with Crippen LogP contribution in [0.25, 0.3) is 0 Å². The van der Waals surface area contributed by atoms with Crippen molar-refractivity contribution in [3.8, 4) is 0 Å². The van der Waals surface area contributed by atoms with E-state index in [9.17, 15) is 18.0 Å². The zero-order chi connectivity index (χ0) is 18.8. The molecule has 10 heteroatoms. The molecule has 0 bridgehead atoms. The molecule has 0 saturated carbocycles. The Labute approximate surface area is 151 Å². The predicted molar refractivity (Wildman–Crippen MR) is 93.2 cm³/mol. The number of carboxylic acid groups (broad SMARTS) is 1. The number of carboxylic acids is 1. The fourth-order valence-electron chi connectivity index (χ4n) is 2.66. The molecule has 0 spiro atoms. The third kappa shape index (κ3) is 4.49. The summed E-state index contributed by atoms with van der Waals surface area (Å²) in [5.74, 6) is -1.36. The van der Waals surface area contributed by atoms with Crippen LogP contribution in [0.5, 0.6) is 0 Å². The van der Waals surface area contributed by atoms with Gasteiger partial charge in [0.1, 0.15) is 10.9 Å². The summed E-state index contributed by atoms with van der Waals surface area (Å²) >= 11 is 5.96. The largest absolute Gasteiger partial charge is 0.480 e. The number of anilines is 1. The van der Waals surface area contributed by atoms with Crippen LogP contribution < -0.4 is 5.32 Å². The second kappa shape index (κ2) is 7.69. The molecule has 1 aromatic rings. The van der Waals surface area contributed by atoms with Crippen LogP contribution >= 0.6 is 11.6 Å². The number of nitrogens with zero attached hydrogens (tertiary/aromatic N) is 2. The topological polar surface area (TPSA) is 107 Å². The van der Waals surface area contributed by atoms with Crippen molar-refractivity contribution in [1.82, 2.24) is 9.21 Å².